The van der Waals surface area contributed by atoms with Gasteiger partial charge >= 0.3 is 0 Å². The first-order chi connectivity index (χ1) is 9.49. The molecule has 0 spiro atoms. The Hall–Kier alpha value is -0.300. The van der Waals surface area contributed by atoms with Crippen LogP contribution in [0.2, 0.25) is 0 Å². The summed E-state index contributed by atoms with van der Waals surface area (Å²) in [7, 11) is 0. The molecule has 1 rings (SSSR count). The highest BCUT2D eigenvalue weighted by molar-refractivity contribution is 4.92. The molecule has 0 amide bonds. The van der Waals surface area contributed by atoms with Gasteiger partial charge in [0.05, 0.1) is 0 Å². The molecule has 0 heterocycles. The predicted octanol–water partition coefficient (Wildman–Crippen LogP) is 5.81. The Morgan fingerprint density at radius 2 is 1.67 bits per heavy atom. The first kappa shape index (κ1) is 18.7. The van der Waals surface area contributed by atoms with Crippen molar-refractivity contribution in [1.29, 1.82) is 0 Å². The second-order valence-corrected chi connectivity index (χ2v) is 9.52. The number of hydrogen-bond donors (Lipinski definition) is 1. The lowest BCUT2D eigenvalue weighted by Crippen LogP contribution is -2.43. The van der Waals surface area contributed by atoms with Gasteiger partial charge in [-0.3, -0.25) is 0 Å². The molecular formula is C20H39N. The van der Waals surface area contributed by atoms with Crippen molar-refractivity contribution in [3.8, 4) is 0 Å². The lowest BCUT2D eigenvalue weighted by Gasteiger charge is -2.43. The molecule has 1 aliphatic rings. The van der Waals surface area contributed by atoms with Crippen molar-refractivity contribution in [2.75, 3.05) is 6.54 Å². The molecule has 0 bridgehead atoms. The van der Waals surface area contributed by atoms with E-state index in [1.165, 1.54) is 44.2 Å². The lowest BCUT2D eigenvalue weighted by molar-refractivity contribution is 0.0895. The summed E-state index contributed by atoms with van der Waals surface area (Å²) >= 11 is 0. The third kappa shape index (κ3) is 7.00. The van der Waals surface area contributed by atoms with Gasteiger partial charge in [-0.1, -0.05) is 26.3 Å². The van der Waals surface area contributed by atoms with Gasteiger partial charge in [0.2, 0.25) is 0 Å². The van der Waals surface area contributed by atoms with E-state index >= 15 is 0 Å². The first-order valence-electron chi connectivity index (χ1n) is 8.88. The van der Waals surface area contributed by atoms with Gasteiger partial charge in [-0.15, -0.1) is 6.58 Å². The third-order valence-electron chi connectivity index (χ3n) is 5.20. The van der Waals surface area contributed by atoms with Crippen LogP contribution >= 0.6 is 0 Å². The Labute approximate surface area is 134 Å². The standard InChI is InChI=1S/C20H39N/c1-15(2)9-10-16-13-18(19(3,4)5)12-11-17(16)14-21-20(6,7)8/h16-18,21H,1,9-14H2,2-8H3. The van der Waals surface area contributed by atoms with Crippen LogP contribution in [0.1, 0.15) is 80.6 Å². The SMILES string of the molecule is C=C(C)CCC1CC(C(C)(C)C)CCC1CNC(C)(C)C. The molecule has 0 aromatic heterocycles. The molecule has 0 aromatic rings. The van der Waals surface area contributed by atoms with Gasteiger partial charge in [-0.2, -0.15) is 0 Å². The number of allylic oxidation sites excluding steroid dienone is 1. The Morgan fingerprint density at radius 1 is 1.05 bits per heavy atom. The normalized spacial score (nSPS) is 27.7. The van der Waals surface area contributed by atoms with Crippen molar-refractivity contribution in [1.82, 2.24) is 5.32 Å². The minimum absolute atomic E-state index is 0.236. The summed E-state index contributed by atoms with van der Waals surface area (Å²) in [4.78, 5) is 0. The molecule has 1 aliphatic carbocycles. The molecule has 1 heteroatoms. The zero-order valence-corrected chi connectivity index (χ0v) is 15.7. The molecule has 124 valence electrons. The zero-order chi connectivity index (χ0) is 16.3. The van der Waals surface area contributed by atoms with Gasteiger partial charge < -0.3 is 5.32 Å². The van der Waals surface area contributed by atoms with Crippen LogP contribution in [-0.4, -0.2) is 12.1 Å². The Morgan fingerprint density at radius 3 is 2.14 bits per heavy atom. The van der Waals surface area contributed by atoms with Gasteiger partial charge in [0.1, 0.15) is 0 Å². The van der Waals surface area contributed by atoms with Gasteiger partial charge in [-0.25, -0.2) is 0 Å². The average molecular weight is 294 g/mol. The minimum atomic E-state index is 0.236. The largest absolute Gasteiger partial charge is 0.312 e. The monoisotopic (exact) mass is 293 g/mol. The molecule has 1 N–H and O–H groups in total. The fraction of sp³-hybridized carbons (Fsp3) is 0.900. The van der Waals surface area contributed by atoms with Crippen molar-refractivity contribution in [3.05, 3.63) is 12.2 Å². The van der Waals surface area contributed by atoms with E-state index < -0.39 is 0 Å². The van der Waals surface area contributed by atoms with Gasteiger partial charge in [0.25, 0.3) is 0 Å². The Kier molecular flexibility index (Phi) is 6.53. The lowest BCUT2D eigenvalue weighted by atomic mass is 9.64. The smallest absolute Gasteiger partial charge is 0.00966 e. The van der Waals surface area contributed by atoms with Crippen LogP contribution in [0.15, 0.2) is 12.2 Å². The number of nitrogens with one attached hydrogen (secondary N) is 1. The zero-order valence-electron chi connectivity index (χ0n) is 15.7. The quantitative estimate of drug-likeness (QED) is 0.631. The average Bonchev–Trinajstić information content (AvgIpc) is 2.32. The van der Waals surface area contributed by atoms with Gasteiger partial charge in [0.15, 0.2) is 0 Å². The van der Waals surface area contributed by atoms with E-state index in [2.05, 4.69) is 60.4 Å². The van der Waals surface area contributed by atoms with Crippen LogP contribution in [0.4, 0.5) is 0 Å². The molecule has 21 heavy (non-hydrogen) atoms. The summed E-state index contributed by atoms with van der Waals surface area (Å²) in [5, 5.41) is 3.74. The molecule has 1 saturated carbocycles. The van der Waals surface area contributed by atoms with Gasteiger partial charge in [0, 0.05) is 5.54 Å². The summed E-state index contributed by atoms with van der Waals surface area (Å²) in [6.45, 7) is 21.5. The van der Waals surface area contributed by atoms with E-state index in [0.717, 1.165) is 17.8 Å². The highest BCUT2D eigenvalue weighted by Gasteiger charge is 2.35. The topological polar surface area (TPSA) is 12.0 Å². The van der Waals surface area contributed by atoms with Crippen LogP contribution < -0.4 is 5.32 Å². The van der Waals surface area contributed by atoms with E-state index in [0.29, 0.717) is 5.41 Å². The first-order valence-corrected chi connectivity index (χ1v) is 8.88. The van der Waals surface area contributed by atoms with Crippen molar-refractivity contribution >= 4 is 0 Å². The maximum absolute atomic E-state index is 4.10. The maximum Gasteiger partial charge on any atom is 0.00966 e. The van der Waals surface area contributed by atoms with Crippen molar-refractivity contribution < 1.29 is 0 Å². The fourth-order valence-corrected chi connectivity index (χ4v) is 3.60. The third-order valence-corrected chi connectivity index (χ3v) is 5.20. The van der Waals surface area contributed by atoms with E-state index in [1.54, 1.807) is 0 Å². The molecule has 0 saturated heterocycles. The van der Waals surface area contributed by atoms with Crippen LogP contribution in [0.25, 0.3) is 0 Å². The van der Waals surface area contributed by atoms with Crippen LogP contribution in [0.5, 0.6) is 0 Å². The second kappa shape index (κ2) is 7.31. The highest BCUT2D eigenvalue weighted by Crippen LogP contribution is 2.44. The summed E-state index contributed by atoms with van der Waals surface area (Å²) in [5.74, 6) is 2.61. The molecule has 1 nitrogen and oxygen atoms in total. The van der Waals surface area contributed by atoms with Crippen molar-refractivity contribution in [2.24, 2.45) is 23.2 Å². The van der Waals surface area contributed by atoms with E-state index in [4.69, 9.17) is 0 Å². The molecule has 3 unspecified atom stereocenters. The van der Waals surface area contributed by atoms with Crippen molar-refractivity contribution in [2.45, 2.75) is 86.1 Å². The number of hydrogen-bond acceptors (Lipinski definition) is 1. The molecule has 1 fully saturated rings. The summed E-state index contributed by atoms with van der Waals surface area (Å²) in [5.41, 5.74) is 2.04. The molecule has 0 aromatic carbocycles. The molecule has 0 radical (unpaired) electrons. The van der Waals surface area contributed by atoms with E-state index in [-0.39, 0.29) is 5.54 Å². The minimum Gasteiger partial charge on any atom is -0.312 e. The van der Waals surface area contributed by atoms with Crippen LogP contribution in [0.3, 0.4) is 0 Å². The molecule has 0 aliphatic heterocycles. The van der Waals surface area contributed by atoms with Crippen LogP contribution in [-0.2, 0) is 0 Å². The summed E-state index contributed by atoms with van der Waals surface area (Å²) < 4.78 is 0. The van der Waals surface area contributed by atoms with E-state index in [9.17, 15) is 0 Å². The van der Waals surface area contributed by atoms with Gasteiger partial charge in [-0.05, 0) is 89.5 Å². The summed E-state index contributed by atoms with van der Waals surface area (Å²) in [6, 6.07) is 0. The molecular weight excluding hydrogens is 254 g/mol. The second-order valence-electron chi connectivity index (χ2n) is 9.52. The Bertz CT molecular complexity index is 329. The maximum atomic E-state index is 4.10. The number of rotatable bonds is 5. The fourth-order valence-electron chi connectivity index (χ4n) is 3.60. The summed E-state index contributed by atoms with van der Waals surface area (Å²) in [6.07, 6.45) is 6.74. The highest BCUT2D eigenvalue weighted by atomic mass is 14.9. The Balaban J connectivity index is 2.65. The van der Waals surface area contributed by atoms with E-state index in [1.807, 2.05) is 0 Å². The predicted molar refractivity (Wildman–Crippen MR) is 95.6 cm³/mol. The van der Waals surface area contributed by atoms with Crippen LogP contribution in [0, 0.1) is 23.2 Å². The van der Waals surface area contributed by atoms with Crippen molar-refractivity contribution in [3.63, 3.8) is 0 Å². The molecule has 3 atom stereocenters.